The fraction of sp³-hybridized carbons (Fsp3) is 0.650. The van der Waals surface area contributed by atoms with E-state index in [-0.39, 0.29) is 23.9 Å². The quantitative estimate of drug-likeness (QED) is 0.650. The maximum absolute atomic E-state index is 12.2. The van der Waals surface area contributed by atoms with Crippen molar-refractivity contribution in [2.75, 3.05) is 13.1 Å². The van der Waals surface area contributed by atoms with Gasteiger partial charge in [-0.1, -0.05) is 38.2 Å². The molecule has 0 atom stereocenters. The fourth-order valence-corrected chi connectivity index (χ4v) is 5.20. The van der Waals surface area contributed by atoms with Gasteiger partial charge in [0.15, 0.2) is 0 Å². The van der Waals surface area contributed by atoms with Gasteiger partial charge in [-0.3, -0.25) is 14.4 Å². The second-order valence-corrected chi connectivity index (χ2v) is 8.68. The lowest BCUT2D eigenvalue weighted by molar-refractivity contribution is -0.140. The SMILES string of the molecule is O=C(CNC(=O)C(=O)NC1CCCCC1)NCC1(c2cccs2)CCCC1. The van der Waals surface area contributed by atoms with Crippen LogP contribution in [0.5, 0.6) is 0 Å². The minimum atomic E-state index is -0.732. The van der Waals surface area contributed by atoms with E-state index in [2.05, 4.69) is 27.4 Å². The van der Waals surface area contributed by atoms with E-state index in [1.807, 2.05) is 6.07 Å². The molecule has 2 fully saturated rings. The lowest BCUT2D eigenvalue weighted by Crippen LogP contribution is -2.48. The van der Waals surface area contributed by atoms with E-state index in [1.165, 1.54) is 24.1 Å². The van der Waals surface area contributed by atoms with Crippen molar-refractivity contribution in [3.8, 4) is 0 Å². The van der Waals surface area contributed by atoms with E-state index in [0.717, 1.165) is 38.5 Å². The highest BCUT2D eigenvalue weighted by Gasteiger charge is 2.36. The number of thiophene rings is 1. The molecule has 0 bridgehead atoms. The fourth-order valence-electron chi connectivity index (χ4n) is 4.21. The zero-order chi connectivity index (χ0) is 19.1. The van der Waals surface area contributed by atoms with Gasteiger partial charge < -0.3 is 16.0 Å². The molecule has 2 aliphatic rings. The molecular formula is C20H29N3O3S. The van der Waals surface area contributed by atoms with Crippen LogP contribution in [-0.4, -0.2) is 36.9 Å². The molecular weight excluding hydrogens is 362 g/mol. The molecule has 0 saturated heterocycles. The van der Waals surface area contributed by atoms with Crippen LogP contribution in [-0.2, 0) is 19.8 Å². The van der Waals surface area contributed by atoms with Crippen molar-refractivity contribution in [1.82, 2.24) is 16.0 Å². The van der Waals surface area contributed by atoms with Crippen LogP contribution < -0.4 is 16.0 Å². The number of nitrogens with one attached hydrogen (secondary N) is 3. The third kappa shape index (κ3) is 5.31. The van der Waals surface area contributed by atoms with Crippen molar-refractivity contribution in [2.24, 2.45) is 0 Å². The topological polar surface area (TPSA) is 87.3 Å². The van der Waals surface area contributed by atoms with E-state index < -0.39 is 11.8 Å². The molecule has 27 heavy (non-hydrogen) atoms. The Morgan fingerprint density at radius 3 is 2.41 bits per heavy atom. The predicted octanol–water partition coefficient (Wildman–Crippen LogP) is 2.24. The lowest BCUT2D eigenvalue weighted by atomic mass is 9.84. The molecule has 2 saturated carbocycles. The highest BCUT2D eigenvalue weighted by atomic mass is 32.1. The maximum atomic E-state index is 12.2. The van der Waals surface area contributed by atoms with Crippen molar-refractivity contribution in [3.63, 3.8) is 0 Å². The summed E-state index contributed by atoms with van der Waals surface area (Å²) in [5.41, 5.74) is 0.0200. The Labute approximate surface area is 164 Å². The summed E-state index contributed by atoms with van der Waals surface area (Å²) in [6.07, 6.45) is 9.69. The zero-order valence-electron chi connectivity index (χ0n) is 15.7. The summed E-state index contributed by atoms with van der Waals surface area (Å²) in [6, 6.07) is 4.27. The molecule has 0 spiro atoms. The summed E-state index contributed by atoms with van der Waals surface area (Å²) in [7, 11) is 0. The average Bonchev–Trinajstić information content (AvgIpc) is 3.37. The Bertz CT molecular complexity index is 647. The van der Waals surface area contributed by atoms with E-state index in [1.54, 1.807) is 11.3 Å². The molecule has 7 heteroatoms. The molecule has 3 amide bonds. The van der Waals surface area contributed by atoms with Crippen molar-refractivity contribution < 1.29 is 14.4 Å². The van der Waals surface area contributed by atoms with Crippen LogP contribution in [0, 0.1) is 0 Å². The molecule has 3 rings (SSSR count). The number of carbonyl (C=O) groups is 3. The number of hydrogen-bond donors (Lipinski definition) is 3. The van der Waals surface area contributed by atoms with Crippen LogP contribution in [0.2, 0.25) is 0 Å². The second-order valence-electron chi connectivity index (χ2n) is 7.73. The van der Waals surface area contributed by atoms with Gasteiger partial charge in [0.25, 0.3) is 0 Å². The van der Waals surface area contributed by atoms with Gasteiger partial charge >= 0.3 is 11.8 Å². The molecule has 1 aromatic heterocycles. The molecule has 1 heterocycles. The zero-order valence-corrected chi connectivity index (χ0v) is 16.5. The highest BCUT2D eigenvalue weighted by molar-refractivity contribution is 7.10. The highest BCUT2D eigenvalue weighted by Crippen LogP contribution is 2.42. The third-order valence-electron chi connectivity index (χ3n) is 5.78. The van der Waals surface area contributed by atoms with Crippen molar-refractivity contribution >= 4 is 29.1 Å². The molecule has 0 aromatic carbocycles. The first kappa shape index (κ1) is 19.9. The van der Waals surface area contributed by atoms with Crippen LogP contribution in [0.25, 0.3) is 0 Å². The van der Waals surface area contributed by atoms with Gasteiger partial charge in [0.05, 0.1) is 6.54 Å². The smallest absolute Gasteiger partial charge is 0.309 e. The molecule has 2 aliphatic carbocycles. The summed E-state index contributed by atoms with van der Waals surface area (Å²) in [5, 5.41) is 10.2. The Kier molecular flexibility index (Phi) is 6.88. The minimum absolute atomic E-state index is 0.0200. The Balaban J connectivity index is 1.41. The Hall–Kier alpha value is -1.89. The minimum Gasteiger partial charge on any atom is -0.354 e. The second kappa shape index (κ2) is 9.35. The maximum Gasteiger partial charge on any atom is 0.309 e. The molecule has 6 nitrogen and oxygen atoms in total. The van der Waals surface area contributed by atoms with Crippen LogP contribution in [0.1, 0.15) is 62.7 Å². The van der Waals surface area contributed by atoms with Crippen LogP contribution in [0.4, 0.5) is 0 Å². The monoisotopic (exact) mass is 391 g/mol. The van der Waals surface area contributed by atoms with Gasteiger partial charge in [0.1, 0.15) is 0 Å². The Morgan fingerprint density at radius 1 is 1.00 bits per heavy atom. The van der Waals surface area contributed by atoms with Crippen molar-refractivity contribution in [3.05, 3.63) is 22.4 Å². The summed E-state index contributed by atoms with van der Waals surface area (Å²) in [6.45, 7) is 0.411. The molecule has 1 aromatic rings. The van der Waals surface area contributed by atoms with E-state index in [4.69, 9.17) is 0 Å². The molecule has 148 valence electrons. The summed E-state index contributed by atoms with van der Waals surface area (Å²) >= 11 is 1.74. The Morgan fingerprint density at radius 2 is 1.74 bits per heavy atom. The molecule has 0 radical (unpaired) electrons. The van der Waals surface area contributed by atoms with E-state index in [9.17, 15) is 14.4 Å². The summed E-state index contributed by atoms with van der Waals surface area (Å²) < 4.78 is 0. The average molecular weight is 392 g/mol. The van der Waals surface area contributed by atoms with Gasteiger partial charge in [-0.2, -0.15) is 0 Å². The van der Waals surface area contributed by atoms with Gasteiger partial charge in [0.2, 0.25) is 5.91 Å². The molecule has 3 N–H and O–H groups in total. The van der Waals surface area contributed by atoms with Crippen LogP contribution in [0.3, 0.4) is 0 Å². The van der Waals surface area contributed by atoms with Gasteiger partial charge in [-0.05, 0) is 37.1 Å². The molecule has 0 unspecified atom stereocenters. The number of carbonyl (C=O) groups excluding carboxylic acids is 3. The first-order valence-electron chi connectivity index (χ1n) is 9.98. The normalized spacial score (nSPS) is 19.4. The number of amides is 3. The molecule has 0 aliphatic heterocycles. The third-order valence-corrected chi connectivity index (χ3v) is 6.90. The van der Waals surface area contributed by atoms with Crippen molar-refractivity contribution in [2.45, 2.75) is 69.2 Å². The number of rotatable bonds is 6. The summed E-state index contributed by atoms with van der Waals surface area (Å²) in [4.78, 5) is 37.4. The predicted molar refractivity (Wildman–Crippen MR) is 106 cm³/mol. The largest absolute Gasteiger partial charge is 0.354 e. The van der Waals surface area contributed by atoms with Crippen LogP contribution >= 0.6 is 11.3 Å². The van der Waals surface area contributed by atoms with Gasteiger partial charge in [-0.15, -0.1) is 11.3 Å². The van der Waals surface area contributed by atoms with E-state index in [0.29, 0.717) is 6.54 Å². The summed E-state index contributed by atoms with van der Waals surface area (Å²) in [5.74, 6) is -1.62. The first-order valence-corrected chi connectivity index (χ1v) is 10.9. The number of hydrogen-bond acceptors (Lipinski definition) is 4. The van der Waals surface area contributed by atoms with E-state index >= 15 is 0 Å². The first-order chi connectivity index (χ1) is 13.1. The van der Waals surface area contributed by atoms with Gasteiger partial charge in [0, 0.05) is 22.9 Å². The standard InChI is InChI=1S/C20H29N3O3S/c24-17(13-21-18(25)19(26)23-15-7-2-1-3-8-15)22-14-20(10-4-5-11-20)16-9-6-12-27-16/h6,9,12,15H,1-5,7-8,10-11,13-14H2,(H,21,25)(H,22,24)(H,23,26). The van der Waals surface area contributed by atoms with Crippen LogP contribution in [0.15, 0.2) is 17.5 Å². The van der Waals surface area contributed by atoms with Crippen molar-refractivity contribution in [1.29, 1.82) is 0 Å². The van der Waals surface area contributed by atoms with Gasteiger partial charge in [-0.25, -0.2) is 0 Å². The lowest BCUT2D eigenvalue weighted by Gasteiger charge is -2.28.